The van der Waals surface area contributed by atoms with E-state index in [4.69, 9.17) is 9.47 Å². The number of H-pyrrole nitrogens is 1. The van der Waals surface area contributed by atoms with Crippen LogP contribution in [0.3, 0.4) is 0 Å². The van der Waals surface area contributed by atoms with Gasteiger partial charge in [-0.15, -0.1) is 0 Å². The molecule has 0 spiro atoms. The molecule has 2 aliphatic heterocycles. The molecule has 5 rings (SSSR count). The maximum atomic E-state index is 13.6. The van der Waals surface area contributed by atoms with Crippen LogP contribution in [-0.4, -0.2) is 62.4 Å². The predicted molar refractivity (Wildman–Crippen MR) is 122 cm³/mol. The van der Waals surface area contributed by atoms with Gasteiger partial charge >= 0.3 is 6.18 Å². The van der Waals surface area contributed by atoms with Crippen LogP contribution in [0, 0.1) is 11.8 Å². The standard InChI is InChI=1S/C25H26F3N3O3/c1-33-21-6-4-14(8-22(21)34-2)23-19(9-25(26,27)28)18-7-15(3-5-20(18)30-23)24(32)31-12-16-10-29-11-17(16)13-31/h3-8,16-17,29-30H,9-13H2,1-2H3. The highest BCUT2D eigenvalue weighted by atomic mass is 19.4. The van der Waals surface area contributed by atoms with Gasteiger partial charge < -0.3 is 24.7 Å². The highest BCUT2D eigenvalue weighted by Gasteiger charge is 2.38. The second-order valence-corrected chi connectivity index (χ2v) is 8.99. The summed E-state index contributed by atoms with van der Waals surface area (Å²) < 4.78 is 51.4. The summed E-state index contributed by atoms with van der Waals surface area (Å²) in [4.78, 5) is 18.1. The highest BCUT2D eigenvalue weighted by molar-refractivity contribution is 6.00. The van der Waals surface area contributed by atoms with E-state index in [1.165, 1.54) is 14.2 Å². The van der Waals surface area contributed by atoms with E-state index in [9.17, 15) is 18.0 Å². The molecule has 6 nitrogen and oxygen atoms in total. The molecule has 2 N–H and O–H groups in total. The van der Waals surface area contributed by atoms with Crippen LogP contribution in [-0.2, 0) is 6.42 Å². The second-order valence-electron chi connectivity index (χ2n) is 8.99. The summed E-state index contributed by atoms with van der Waals surface area (Å²) in [5, 5.41) is 3.74. The van der Waals surface area contributed by atoms with E-state index < -0.39 is 12.6 Å². The number of ether oxygens (including phenoxy) is 2. The van der Waals surface area contributed by atoms with Gasteiger partial charge in [-0.2, -0.15) is 13.2 Å². The summed E-state index contributed by atoms with van der Waals surface area (Å²) in [6, 6.07) is 9.95. The molecule has 1 amide bonds. The van der Waals surface area contributed by atoms with Crippen molar-refractivity contribution in [2.24, 2.45) is 11.8 Å². The lowest BCUT2D eigenvalue weighted by Crippen LogP contribution is -2.31. The summed E-state index contributed by atoms with van der Waals surface area (Å²) >= 11 is 0. The third-order valence-electron chi connectivity index (χ3n) is 6.88. The molecule has 2 unspecified atom stereocenters. The largest absolute Gasteiger partial charge is 0.493 e. The Labute approximate surface area is 195 Å². The third kappa shape index (κ3) is 4.09. The molecule has 2 saturated heterocycles. The topological polar surface area (TPSA) is 66.6 Å². The van der Waals surface area contributed by atoms with Gasteiger partial charge in [0, 0.05) is 48.2 Å². The van der Waals surface area contributed by atoms with Crippen molar-refractivity contribution in [1.82, 2.24) is 15.2 Å². The lowest BCUT2D eigenvalue weighted by Gasteiger charge is -2.17. The van der Waals surface area contributed by atoms with Crippen LogP contribution in [0.1, 0.15) is 15.9 Å². The smallest absolute Gasteiger partial charge is 0.393 e. The van der Waals surface area contributed by atoms with Crippen LogP contribution in [0.5, 0.6) is 11.5 Å². The van der Waals surface area contributed by atoms with E-state index in [0.717, 1.165) is 13.1 Å². The summed E-state index contributed by atoms with van der Waals surface area (Å²) in [6.45, 7) is 3.15. The molecular formula is C25H26F3N3O3. The number of carbonyl (C=O) groups excluding carboxylic acids is 1. The van der Waals surface area contributed by atoms with Crippen molar-refractivity contribution in [3.05, 3.63) is 47.5 Å². The van der Waals surface area contributed by atoms with Gasteiger partial charge in [-0.05, 0) is 53.8 Å². The van der Waals surface area contributed by atoms with Crippen LogP contribution in [0.4, 0.5) is 13.2 Å². The fourth-order valence-electron chi connectivity index (χ4n) is 5.21. The number of benzene rings is 2. The first-order valence-electron chi connectivity index (χ1n) is 11.2. The van der Waals surface area contributed by atoms with Gasteiger partial charge in [0.15, 0.2) is 11.5 Å². The van der Waals surface area contributed by atoms with E-state index >= 15 is 0 Å². The Kier molecular flexibility index (Phi) is 5.67. The first-order valence-corrected chi connectivity index (χ1v) is 11.2. The average molecular weight is 473 g/mol. The van der Waals surface area contributed by atoms with E-state index in [0.29, 0.717) is 64.1 Å². The van der Waals surface area contributed by atoms with Crippen LogP contribution in [0.2, 0.25) is 0 Å². The molecule has 2 fully saturated rings. The zero-order valence-electron chi connectivity index (χ0n) is 19.0. The molecule has 0 saturated carbocycles. The zero-order valence-corrected chi connectivity index (χ0v) is 19.0. The van der Waals surface area contributed by atoms with Gasteiger partial charge in [-0.3, -0.25) is 4.79 Å². The Morgan fingerprint density at radius 2 is 1.74 bits per heavy atom. The lowest BCUT2D eigenvalue weighted by molar-refractivity contribution is -0.126. The van der Waals surface area contributed by atoms with Crippen molar-refractivity contribution in [1.29, 1.82) is 0 Å². The number of amides is 1. The van der Waals surface area contributed by atoms with Gasteiger partial charge in [0.2, 0.25) is 0 Å². The van der Waals surface area contributed by atoms with Crippen LogP contribution < -0.4 is 14.8 Å². The lowest BCUT2D eigenvalue weighted by atomic mass is 10.0. The van der Waals surface area contributed by atoms with Gasteiger partial charge in [0.25, 0.3) is 5.91 Å². The van der Waals surface area contributed by atoms with E-state index in [1.807, 2.05) is 4.90 Å². The van der Waals surface area contributed by atoms with E-state index in [2.05, 4.69) is 10.3 Å². The van der Waals surface area contributed by atoms with Crippen molar-refractivity contribution in [2.45, 2.75) is 12.6 Å². The fraction of sp³-hybridized carbons (Fsp3) is 0.400. The number of nitrogens with one attached hydrogen (secondary N) is 2. The average Bonchev–Trinajstić information content (AvgIpc) is 3.51. The van der Waals surface area contributed by atoms with Gasteiger partial charge in [-0.1, -0.05) is 0 Å². The molecule has 0 radical (unpaired) electrons. The number of alkyl halides is 3. The number of methoxy groups -OCH3 is 2. The molecule has 0 aliphatic carbocycles. The SMILES string of the molecule is COc1ccc(-c2[nH]c3ccc(C(=O)N4CC5CNCC5C4)cc3c2CC(F)(F)F)cc1OC. The molecule has 2 aliphatic rings. The predicted octanol–water partition coefficient (Wildman–Crippen LogP) is 4.25. The molecule has 3 heterocycles. The second kappa shape index (κ2) is 8.54. The van der Waals surface area contributed by atoms with Gasteiger partial charge in [0.1, 0.15) is 0 Å². The van der Waals surface area contributed by atoms with Gasteiger partial charge in [0.05, 0.1) is 26.3 Å². The number of rotatable bonds is 5. The van der Waals surface area contributed by atoms with Crippen molar-refractivity contribution < 1.29 is 27.4 Å². The maximum absolute atomic E-state index is 13.6. The Bertz CT molecular complexity index is 1230. The Morgan fingerprint density at radius 1 is 1.03 bits per heavy atom. The van der Waals surface area contributed by atoms with E-state index in [-0.39, 0.29) is 11.5 Å². The number of hydrogen-bond donors (Lipinski definition) is 2. The molecule has 1 aromatic heterocycles. The van der Waals surface area contributed by atoms with Crippen molar-refractivity contribution in [3.63, 3.8) is 0 Å². The Morgan fingerprint density at radius 3 is 2.38 bits per heavy atom. The van der Waals surface area contributed by atoms with E-state index in [1.54, 1.807) is 36.4 Å². The maximum Gasteiger partial charge on any atom is 0.393 e. The molecule has 3 aromatic rings. The minimum absolute atomic E-state index is 0.104. The third-order valence-corrected chi connectivity index (χ3v) is 6.88. The molecule has 180 valence electrons. The molecule has 9 heteroatoms. The van der Waals surface area contributed by atoms with Crippen LogP contribution in [0.15, 0.2) is 36.4 Å². The number of hydrogen-bond acceptors (Lipinski definition) is 4. The number of halogens is 3. The first kappa shape index (κ1) is 22.6. The number of aromatic nitrogens is 1. The molecule has 34 heavy (non-hydrogen) atoms. The summed E-state index contributed by atoms with van der Waals surface area (Å²) in [5.74, 6) is 1.65. The number of carbonyl (C=O) groups is 1. The minimum Gasteiger partial charge on any atom is -0.493 e. The van der Waals surface area contributed by atoms with Crippen LogP contribution in [0.25, 0.3) is 22.2 Å². The minimum atomic E-state index is -4.42. The van der Waals surface area contributed by atoms with Crippen LogP contribution >= 0.6 is 0 Å². The van der Waals surface area contributed by atoms with Crippen molar-refractivity contribution >= 4 is 16.8 Å². The fourth-order valence-corrected chi connectivity index (χ4v) is 5.21. The van der Waals surface area contributed by atoms with Gasteiger partial charge in [-0.25, -0.2) is 0 Å². The number of aromatic amines is 1. The highest BCUT2D eigenvalue weighted by Crippen LogP contribution is 2.39. The zero-order chi connectivity index (χ0) is 24.0. The molecule has 0 bridgehead atoms. The molecule has 2 aromatic carbocycles. The number of fused-ring (bicyclic) bond motifs is 2. The number of likely N-dealkylation sites (tertiary alicyclic amines) is 1. The Balaban J connectivity index is 1.56. The molecular weight excluding hydrogens is 447 g/mol. The summed E-state index contributed by atoms with van der Waals surface area (Å²) in [5.41, 5.74) is 1.94. The van der Waals surface area contributed by atoms with Crippen molar-refractivity contribution in [3.8, 4) is 22.8 Å². The summed E-state index contributed by atoms with van der Waals surface area (Å²) in [7, 11) is 2.97. The van der Waals surface area contributed by atoms with Crippen molar-refractivity contribution in [2.75, 3.05) is 40.4 Å². The summed E-state index contributed by atoms with van der Waals surface area (Å²) in [6.07, 6.45) is -5.53. The Hall–Kier alpha value is -3.20. The monoisotopic (exact) mass is 473 g/mol. The quantitative estimate of drug-likeness (QED) is 0.582. The first-order chi connectivity index (χ1) is 16.3. The normalized spacial score (nSPS) is 20.1. The number of nitrogens with zero attached hydrogens (tertiary/aromatic N) is 1. The molecule has 2 atom stereocenters.